The fourth-order valence-corrected chi connectivity index (χ4v) is 9.22. The van der Waals surface area contributed by atoms with Crippen molar-refractivity contribution in [2.45, 2.75) is 0 Å². The fraction of sp³-hybridized carbons (Fsp3) is 0.115. The van der Waals surface area contributed by atoms with Crippen LogP contribution >= 0.6 is 0 Å². The van der Waals surface area contributed by atoms with E-state index in [2.05, 4.69) is 206 Å². The van der Waals surface area contributed by atoms with Crippen molar-refractivity contribution in [2.75, 3.05) is 0 Å². The summed E-state index contributed by atoms with van der Waals surface area (Å²) in [5.74, 6) is 1.97. The molecule has 0 heteroatoms. The Hall–Kier alpha value is -5.98. The van der Waals surface area contributed by atoms with Crippen molar-refractivity contribution in [2.24, 2.45) is 35.5 Å². The van der Waals surface area contributed by atoms with Gasteiger partial charge in [-0.05, 0) is 72.2 Å². The Balaban J connectivity index is 1.20. The second-order valence-electron chi connectivity index (χ2n) is 14.7. The Labute approximate surface area is 307 Å². The summed E-state index contributed by atoms with van der Waals surface area (Å²) in [6, 6.07) is 38.4. The third-order valence-corrected chi connectivity index (χ3v) is 11.8. The monoisotopic (exact) mass is 664 g/mol. The first-order valence-electron chi connectivity index (χ1n) is 18.8. The molecule has 0 heterocycles. The third-order valence-electron chi connectivity index (χ3n) is 11.8. The first-order valence-corrected chi connectivity index (χ1v) is 18.8. The fourth-order valence-electron chi connectivity index (χ4n) is 9.22. The summed E-state index contributed by atoms with van der Waals surface area (Å²) in [6.07, 6.45) is 39.7. The lowest BCUT2D eigenvalue weighted by atomic mass is 9.67. The van der Waals surface area contributed by atoms with Crippen LogP contribution in [-0.4, -0.2) is 0 Å². The van der Waals surface area contributed by atoms with E-state index in [0.717, 1.165) is 0 Å². The maximum Gasteiger partial charge on any atom is 0.0143 e. The predicted molar refractivity (Wildman–Crippen MR) is 219 cm³/mol. The van der Waals surface area contributed by atoms with Gasteiger partial charge in [0.15, 0.2) is 0 Å². The summed E-state index contributed by atoms with van der Waals surface area (Å²) in [5.41, 5.74) is 13.2. The Kier molecular flexibility index (Phi) is 7.68. The molecule has 4 aromatic rings. The van der Waals surface area contributed by atoms with E-state index in [1.54, 1.807) is 0 Å². The molecule has 0 radical (unpaired) electrons. The van der Waals surface area contributed by atoms with E-state index >= 15 is 0 Å². The summed E-state index contributed by atoms with van der Waals surface area (Å²) < 4.78 is 0. The molecule has 248 valence electrons. The summed E-state index contributed by atoms with van der Waals surface area (Å²) in [5, 5.41) is 2.67. The Morgan fingerprint density at radius 1 is 0.346 bits per heavy atom. The van der Waals surface area contributed by atoms with Crippen molar-refractivity contribution in [3.8, 4) is 11.1 Å². The molecule has 6 atom stereocenters. The highest BCUT2D eigenvalue weighted by molar-refractivity contribution is 5.88. The number of benzene rings is 4. The zero-order valence-corrected chi connectivity index (χ0v) is 29.1. The van der Waals surface area contributed by atoms with Crippen LogP contribution in [0.4, 0.5) is 0 Å². The van der Waals surface area contributed by atoms with Crippen LogP contribution < -0.4 is 10.4 Å². The van der Waals surface area contributed by atoms with Gasteiger partial charge in [0.25, 0.3) is 0 Å². The molecule has 52 heavy (non-hydrogen) atoms. The Morgan fingerprint density at radius 2 is 1.00 bits per heavy atom. The molecular formula is C52H40. The molecule has 6 aliphatic carbocycles. The number of rotatable bonds is 5. The zero-order valence-electron chi connectivity index (χ0n) is 29.1. The number of fused-ring (bicyclic) bond motifs is 4. The van der Waals surface area contributed by atoms with Crippen molar-refractivity contribution in [1.82, 2.24) is 0 Å². The van der Waals surface area contributed by atoms with Gasteiger partial charge in [-0.2, -0.15) is 0 Å². The van der Waals surface area contributed by atoms with Gasteiger partial charge in [-0.25, -0.2) is 0 Å². The normalized spacial score (nSPS) is 26.2. The van der Waals surface area contributed by atoms with Gasteiger partial charge >= 0.3 is 0 Å². The van der Waals surface area contributed by atoms with E-state index in [1.165, 1.54) is 66.1 Å². The van der Waals surface area contributed by atoms with Gasteiger partial charge in [0, 0.05) is 35.5 Å². The maximum absolute atomic E-state index is 2.55. The SMILES string of the molecule is C1=CC2C=CC(C3=c4cc(-c5ccccc5)ccc4=C(c4ccc(C5=CC=CC6C=CC=CC56)cc4)C4C=C(c5ccccc5)C=CC34)=CC2C=C1. The van der Waals surface area contributed by atoms with Gasteiger partial charge < -0.3 is 0 Å². The maximum atomic E-state index is 2.55. The molecule has 0 nitrogen and oxygen atoms in total. The first kappa shape index (κ1) is 30.8. The summed E-state index contributed by atoms with van der Waals surface area (Å²) in [6.45, 7) is 0. The molecule has 0 aromatic heterocycles. The number of hydrogen-bond donors (Lipinski definition) is 0. The number of allylic oxidation sites excluding steroid dienone is 20. The molecule has 0 bridgehead atoms. The summed E-state index contributed by atoms with van der Waals surface area (Å²) in [4.78, 5) is 0. The Bertz CT molecular complexity index is 2500. The third kappa shape index (κ3) is 5.38. The second kappa shape index (κ2) is 13.0. The van der Waals surface area contributed by atoms with Crippen molar-refractivity contribution < 1.29 is 0 Å². The highest BCUT2D eigenvalue weighted by atomic mass is 14.4. The number of hydrogen-bond acceptors (Lipinski definition) is 0. The zero-order chi connectivity index (χ0) is 34.4. The summed E-state index contributed by atoms with van der Waals surface area (Å²) in [7, 11) is 0. The van der Waals surface area contributed by atoms with Crippen molar-refractivity contribution in [3.63, 3.8) is 0 Å². The molecule has 6 unspecified atom stereocenters. The van der Waals surface area contributed by atoms with Crippen LogP contribution in [0.1, 0.15) is 16.7 Å². The van der Waals surface area contributed by atoms with Crippen LogP contribution in [-0.2, 0) is 0 Å². The molecule has 0 fully saturated rings. The van der Waals surface area contributed by atoms with Crippen LogP contribution in [0.2, 0.25) is 0 Å². The van der Waals surface area contributed by atoms with E-state index < -0.39 is 0 Å². The van der Waals surface area contributed by atoms with Gasteiger partial charge in [-0.15, -0.1) is 0 Å². The lowest BCUT2D eigenvalue weighted by Crippen LogP contribution is -2.41. The highest BCUT2D eigenvalue weighted by Crippen LogP contribution is 2.45. The van der Waals surface area contributed by atoms with Gasteiger partial charge in [0.2, 0.25) is 0 Å². The van der Waals surface area contributed by atoms with E-state index in [9.17, 15) is 0 Å². The van der Waals surface area contributed by atoms with E-state index in [1.807, 2.05) is 0 Å². The molecule has 0 N–H and O–H groups in total. The largest absolute Gasteiger partial charge is 0.0767 e. The second-order valence-corrected chi connectivity index (χ2v) is 14.7. The van der Waals surface area contributed by atoms with Crippen LogP contribution in [0.25, 0.3) is 33.4 Å². The standard InChI is InChI=1S/C52H40/c1-3-12-35(13-4-1)42-29-31-48-49(33-42)51(40-25-23-39(24-26-40)46-21-11-19-38-17-9-10-20-45(38)46)47-30-28-43(36-14-5-2-6-15-36)34-50(47)52(48)44-27-22-37-16-7-8-18-41(37)32-44/h1-34,37-38,41,45,48-49H. The van der Waals surface area contributed by atoms with Crippen LogP contribution in [0, 0.1) is 35.5 Å². The van der Waals surface area contributed by atoms with Gasteiger partial charge in [0.1, 0.15) is 0 Å². The van der Waals surface area contributed by atoms with Crippen molar-refractivity contribution in [1.29, 1.82) is 0 Å². The van der Waals surface area contributed by atoms with E-state index in [0.29, 0.717) is 23.7 Å². The lowest BCUT2D eigenvalue weighted by Gasteiger charge is -2.36. The molecule has 4 aromatic carbocycles. The molecule has 10 rings (SSSR count). The van der Waals surface area contributed by atoms with Crippen molar-refractivity contribution in [3.05, 3.63) is 239 Å². The lowest BCUT2D eigenvalue weighted by molar-refractivity contribution is 0.649. The topological polar surface area (TPSA) is 0 Å². The molecule has 0 aliphatic heterocycles. The minimum Gasteiger partial charge on any atom is -0.0767 e. The molecule has 0 saturated carbocycles. The molecule has 0 spiro atoms. The minimum absolute atomic E-state index is 0.178. The quantitative estimate of drug-likeness (QED) is 0.199. The van der Waals surface area contributed by atoms with E-state index in [4.69, 9.17) is 0 Å². The molecule has 0 saturated heterocycles. The minimum atomic E-state index is 0.178. The molecular weight excluding hydrogens is 625 g/mol. The average Bonchev–Trinajstić information content (AvgIpc) is 3.23. The van der Waals surface area contributed by atoms with E-state index in [-0.39, 0.29) is 11.8 Å². The van der Waals surface area contributed by atoms with Crippen LogP contribution in [0.15, 0.2) is 212 Å². The van der Waals surface area contributed by atoms with Crippen molar-refractivity contribution >= 4 is 22.3 Å². The summed E-state index contributed by atoms with van der Waals surface area (Å²) >= 11 is 0. The van der Waals surface area contributed by atoms with Crippen LogP contribution in [0.5, 0.6) is 0 Å². The van der Waals surface area contributed by atoms with Gasteiger partial charge in [0.05, 0.1) is 0 Å². The Morgan fingerprint density at radius 3 is 1.81 bits per heavy atom. The average molecular weight is 665 g/mol. The smallest absolute Gasteiger partial charge is 0.0143 e. The molecule has 0 amide bonds. The molecule has 6 aliphatic rings. The highest BCUT2D eigenvalue weighted by Gasteiger charge is 2.35. The van der Waals surface area contributed by atoms with Gasteiger partial charge in [-0.1, -0.05) is 200 Å². The first-order chi connectivity index (χ1) is 25.8. The van der Waals surface area contributed by atoms with Gasteiger partial charge in [-0.3, -0.25) is 0 Å². The predicted octanol–water partition coefficient (Wildman–Crippen LogP) is 10.8. The van der Waals surface area contributed by atoms with Crippen LogP contribution in [0.3, 0.4) is 0 Å².